The molecule has 0 spiro atoms. The SMILES string of the molecule is Cc1nn(C)c(NC2CCC(=O)N(C)C2)c1C(N)=S. The Kier molecular flexibility index (Phi) is 3.75. The van der Waals surface area contributed by atoms with Crippen molar-refractivity contribution in [3.63, 3.8) is 0 Å². The highest BCUT2D eigenvalue weighted by atomic mass is 32.1. The van der Waals surface area contributed by atoms with Crippen molar-refractivity contribution in [2.75, 3.05) is 18.9 Å². The molecule has 2 rings (SSSR count). The number of hydrogen-bond acceptors (Lipinski definition) is 4. The van der Waals surface area contributed by atoms with Crippen LogP contribution in [0.5, 0.6) is 0 Å². The van der Waals surface area contributed by atoms with Gasteiger partial charge in [0.1, 0.15) is 10.8 Å². The monoisotopic (exact) mass is 281 g/mol. The van der Waals surface area contributed by atoms with Crippen LogP contribution < -0.4 is 11.1 Å². The second kappa shape index (κ2) is 5.16. The van der Waals surface area contributed by atoms with Crippen LogP contribution in [0.4, 0.5) is 5.82 Å². The molecule has 1 unspecified atom stereocenters. The maximum atomic E-state index is 11.5. The summed E-state index contributed by atoms with van der Waals surface area (Å²) in [5, 5.41) is 7.75. The number of nitrogens with one attached hydrogen (secondary N) is 1. The summed E-state index contributed by atoms with van der Waals surface area (Å²) >= 11 is 5.08. The first-order valence-electron chi connectivity index (χ1n) is 6.24. The number of likely N-dealkylation sites (N-methyl/N-ethyl adjacent to an activating group) is 1. The van der Waals surface area contributed by atoms with Crippen molar-refractivity contribution in [3.8, 4) is 0 Å². The van der Waals surface area contributed by atoms with Crippen LogP contribution in [0.3, 0.4) is 0 Å². The highest BCUT2D eigenvalue weighted by Gasteiger charge is 2.25. The van der Waals surface area contributed by atoms with E-state index in [1.165, 1.54) is 0 Å². The Hall–Kier alpha value is -1.63. The second-order valence-corrected chi connectivity index (χ2v) is 5.39. The molecule has 0 aliphatic carbocycles. The lowest BCUT2D eigenvalue weighted by Crippen LogP contribution is -2.43. The van der Waals surface area contributed by atoms with Crippen LogP contribution in [-0.2, 0) is 11.8 Å². The number of aryl methyl sites for hydroxylation is 2. The van der Waals surface area contributed by atoms with Gasteiger partial charge in [-0.25, -0.2) is 0 Å². The number of piperidine rings is 1. The standard InChI is InChI=1S/C12H19N5OS/c1-7-10(11(13)19)12(17(3)15-7)14-8-4-5-9(18)16(2)6-8/h8,14H,4-6H2,1-3H3,(H2,13,19). The lowest BCUT2D eigenvalue weighted by molar-refractivity contribution is -0.132. The Bertz CT molecular complexity index is 524. The van der Waals surface area contributed by atoms with Gasteiger partial charge in [-0.15, -0.1) is 0 Å². The van der Waals surface area contributed by atoms with Gasteiger partial charge in [-0.2, -0.15) is 5.10 Å². The average molecular weight is 281 g/mol. The Morgan fingerprint density at radius 3 is 2.79 bits per heavy atom. The summed E-state index contributed by atoms with van der Waals surface area (Å²) < 4.78 is 1.75. The van der Waals surface area contributed by atoms with Gasteiger partial charge in [0.25, 0.3) is 0 Å². The fraction of sp³-hybridized carbons (Fsp3) is 0.583. The number of amides is 1. The predicted molar refractivity (Wildman–Crippen MR) is 78.1 cm³/mol. The second-order valence-electron chi connectivity index (χ2n) is 4.95. The van der Waals surface area contributed by atoms with Crippen molar-refractivity contribution in [2.24, 2.45) is 12.8 Å². The average Bonchev–Trinajstić information content (AvgIpc) is 2.59. The number of carbonyl (C=O) groups excluding carboxylic acids is 1. The van der Waals surface area contributed by atoms with Gasteiger partial charge >= 0.3 is 0 Å². The summed E-state index contributed by atoms with van der Waals surface area (Å²) in [5.74, 6) is 1.02. The maximum absolute atomic E-state index is 11.5. The molecule has 1 saturated heterocycles. The molecule has 2 heterocycles. The van der Waals surface area contributed by atoms with E-state index in [0.29, 0.717) is 18.0 Å². The zero-order chi connectivity index (χ0) is 14.2. The number of rotatable bonds is 3. The molecule has 1 aliphatic rings. The molecule has 19 heavy (non-hydrogen) atoms. The molecule has 1 aromatic heterocycles. The minimum atomic E-state index is 0.189. The van der Waals surface area contributed by atoms with Gasteiger partial charge in [0.2, 0.25) is 5.91 Å². The molecule has 6 nitrogen and oxygen atoms in total. The van der Waals surface area contributed by atoms with Gasteiger partial charge in [0.05, 0.1) is 11.3 Å². The van der Waals surface area contributed by atoms with E-state index in [9.17, 15) is 4.79 Å². The Morgan fingerprint density at radius 2 is 2.21 bits per heavy atom. The summed E-state index contributed by atoms with van der Waals surface area (Å²) in [6, 6.07) is 0.200. The number of aromatic nitrogens is 2. The van der Waals surface area contributed by atoms with Crippen LogP contribution in [0, 0.1) is 6.92 Å². The summed E-state index contributed by atoms with van der Waals surface area (Å²) in [6.45, 7) is 2.57. The highest BCUT2D eigenvalue weighted by molar-refractivity contribution is 7.80. The van der Waals surface area contributed by atoms with Crippen molar-refractivity contribution in [2.45, 2.75) is 25.8 Å². The minimum absolute atomic E-state index is 0.189. The molecule has 0 aromatic carbocycles. The highest BCUT2D eigenvalue weighted by Crippen LogP contribution is 2.22. The van der Waals surface area contributed by atoms with Crippen LogP contribution in [-0.4, -0.2) is 45.2 Å². The van der Waals surface area contributed by atoms with Gasteiger partial charge in [-0.1, -0.05) is 12.2 Å². The molecule has 0 radical (unpaired) electrons. The topological polar surface area (TPSA) is 76.2 Å². The van der Waals surface area contributed by atoms with Crippen LogP contribution in [0.1, 0.15) is 24.1 Å². The number of hydrogen-bond donors (Lipinski definition) is 2. The molecule has 7 heteroatoms. The summed E-state index contributed by atoms with van der Waals surface area (Å²) in [7, 11) is 3.67. The zero-order valence-corrected chi connectivity index (χ0v) is 12.3. The summed E-state index contributed by atoms with van der Waals surface area (Å²) in [5.41, 5.74) is 7.36. The number of thiocarbonyl (C=S) groups is 1. The molecular formula is C12H19N5OS. The molecular weight excluding hydrogens is 262 g/mol. The van der Waals surface area contributed by atoms with E-state index < -0.39 is 0 Å². The third-order valence-corrected chi connectivity index (χ3v) is 3.64. The molecule has 1 atom stereocenters. The number of likely N-dealkylation sites (tertiary alicyclic amines) is 1. The van der Waals surface area contributed by atoms with Crippen LogP contribution >= 0.6 is 12.2 Å². The van der Waals surface area contributed by atoms with Gasteiger partial charge in [0.15, 0.2) is 0 Å². The first kappa shape index (κ1) is 13.8. The smallest absolute Gasteiger partial charge is 0.222 e. The molecule has 3 N–H and O–H groups in total. The van der Waals surface area contributed by atoms with E-state index in [1.54, 1.807) is 9.58 Å². The fourth-order valence-corrected chi connectivity index (χ4v) is 2.69. The van der Waals surface area contributed by atoms with Crippen LogP contribution in [0.25, 0.3) is 0 Å². The van der Waals surface area contributed by atoms with Crippen molar-refractivity contribution in [1.29, 1.82) is 0 Å². The van der Waals surface area contributed by atoms with Crippen LogP contribution in [0.15, 0.2) is 0 Å². The van der Waals surface area contributed by atoms with E-state index in [0.717, 1.165) is 23.5 Å². The normalized spacial score (nSPS) is 19.6. The molecule has 1 aliphatic heterocycles. The van der Waals surface area contributed by atoms with E-state index in [4.69, 9.17) is 18.0 Å². The van der Waals surface area contributed by atoms with E-state index in [2.05, 4.69) is 10.4 Å². The number of anilines is 1. The summed E-state index contributed by atoms with van der Waals surface area (Å²) in [4.78, 5) is 13.6. The Morgan fingerprint density at radius 1 is 1.53 bits per heavy atom. The molecule has 0 bridgehead atoms. The largest absolute Gasteiger partial charge is 0.389 e. The first-order chi connectivity index (χ1) is 8.90. The van der Waals surface area contributed by atoms with Gasteiger partial charge in [0, 0.05) is 33.1 Å². The van der Waals surface area contributed by atoms with Crippen molar-refractivity contribution in [3.05, 3.63) is 11.3 Å². The number of nitrogens with two attached hydrogens (primary N) is 1. The first-order valence-corrected chi connectivity index (χ1v) is 6.65. The zero-order valence-electron chi connectivity index (χ0n) is 11.4. The van der Waals surface area contributed by atoms with Gasteiger partial charge < -0.3 is 16.0 Å². The molecule has 1 amide bonds. The quantitative estimate of drug-likeness (QED) is 0.784. The molecule has 1 fully saturated rings. The van der Waals surface area contributed by atoms with Crippen molar-refractivity contribution >= 4 is 28.9 Å². The number of nitrogens with zero attached hydrogens (tertiary/aromatic N) is 3. The fourth-order valence-electron chi connectivity index (χ4n) is 2.44. The summed E-state index contributed by atoms with van der Waals surface area (Å²) in [6.07, 6.45) is 1.37. The lowest BCUT2D eigenvalue weighted by atomic mass is 10.1. The van der Waals surface area contributed by atoms with Gasteiger partial charge in [-0.3, -0.25) is 9.48 Å². The van der Waals surface area contributed by atoms with Crippen molar-refractivity contribution < 1.29 is 4.79 Å². The van der Waals surface area contributed by atoms with E-state index >= 15 is 0 Å². The van der Waals surface area contributed by atoms with Crippen molar-refractivity contribution in [1.82, 2.24) is 14.7 Å². The Labute approximate surface area is 117 Å². The molecule has 1 aromatic rings. The Balaban J connectivity index is 2.20. The molecule has 0 saturated carbocycles. The number of carbonyl (C=O) groups is 1. The van der Waals surface area contributed by atoms with Gasteiger partial charge in [-0.05, 0) is 13.3 Å². The molecule has 104 valence electrons. The third-order valence-electron chi connectivity index (χ3n) is 3.44. The maximum Gasteiger partial charge on any atom is 0.222 e. The minimum Gasteiger partial charge on any atom is -0.389 e. The lowest BCUT2D eigenvalue weighted by Gasteiger charge is -2.31. The third kappa shape index (κ3) is 2.70. The predicted octanol–water partition coefficient (Wildman–Crippen LogP) is 0.395. The van der Waals surface area contributed by atoms with E-state index in [1.807, 2.05) is 21.0 Å². The van der Waals surface area contributed by atoms with E-state index in [-0.39, 0.29) is 11.9 Å². The van der Waals surface area contributed by atoms with Crippen LogP contribution in [0.2, 0.25) is 0 Å².